The van der Waals surface area contributed by atoms with Crippen LogP contribution in [-0.2, 0) is 4.79 Å². The molecule has 4 nitrogen and oxygen atoms in total. The number of aromatic nitrogens is 2. The quantitative estimate of drug-likeness (QED) is 0.440. The SMILES string of the molecule is Cc1nc2ccccc2nc1-c1ccccc1N(C=O)c1ccc(Cl)cc1. The number of hydrogen-bond acceptors (Lipinski definition) is 3. The number of fused-ring (bicyclic) bond motifs is 1. The summed E-state index contributed by atoms with van der Waals surface area (Å²) in [5.74, 6) is 0. The molecule has 0 aliphatic rings. The first-order valence-corrected chi connectivity index (χ1v) is 8.88. The van der Waals surface area contributed by atoms with Crippen LogP contribution >= 0.6 is 11.6 Å². The van der Waals surface area contributed by atoms with E-state index in [1.165, 1.54) is 0 Å². The predicted molar refractivity (Wildman–Crippen MR) is 109 cm³/mol. The minimum absolute atomic E-state index is 0.620. The number of carbonyl (C=O) groups is 1. The molecule has 27 heavy (non-hydrogen) atoms. The summed E-state index contributed by atoms with van der Waals surface area (Å²) in [7, 11) is 0. The number of halogens is 1. The van der Waals surface area contributed by atoms with E-state index in [1.54, 1.807) is 17.0 Å². The van der Waals surface area contributed by atoms with Crippen LogP contribution in [0, 0.1) is 6.92 Å². The number of para-hydroxylation sites is 3. The number of rotatable bonds is 4. The van der Waals surface area contributed by atoms with Gasteiger partial charge in [0.05, 0.1) is 28.1 Å². The maximum absolute atomic E-state index is 11.9. The van der Waals surface area contributed by atoms with Crippen LogP contribution in [-0.4, -0.2) is 16.4 Å². The highest BCUT2D eigenvalue weighted by molar-refractivity contribution is 6.30. The third-order valence-electron chi connectivity index (χ3n) is 4.37. The summed E-state index contributed by atoms with van der Waals surface area (Å²) in [4.78, 5) is 23.0. The second kappa shape index (κ2) is 7.17. The van der Waals surface area contributed by atoms with Gasteiger partial charge in [-0.25, -0.2) is 9.97 Å². The van der Waals surface area contributed by atoms with Gasteiger partial charge in [-0.1, -0.05) is 41.9 Å². The Balaban J connectivity index is 1.89. The van der Waals surface area contributed by atoms with Crippen molar-refractivity contribution >= 4 is 40.4 Å². The van der Waals surface area contributed by atoms with E-state index in [-0.39, 0.29) is 0 Å². The van der Waals surface area contributed by atoms with E-state index in [9.17, 15) is 4.79 Å². The van der Waals surface area contributed by atoms with Gasteiger partial charge >= 0.3 is 0 Å². The Morgan fingerprint density at radius 1 is 0.852 bits per heavy atom. The molecule has 0 unspecified atom stereocenters. The van der Waals surface area contributed by atoms with Gasteiger partial charge in [0.2, 0.25) is 6.41 Å². The summed E-state index contributed by atoms with van der Waals surface area (Å²) >= 11 is 5.98. The van der Waals surface area contributed by atoms with Gasteiger partial charge in [0, 0.05) is 16.3 Å². The lowest BCUT2D eigenvalue weighted by Crippen LogP contribution is -2.15. The molecule has 4 rings (SSSR count). The van der Waals surface area contributed by atoms with Crippen LogP contribution in [0.5, 0.6) is 0 Å². The lowest BCUT2D eigenvalue weighted by Gasteiger charge is -2.21. The van der Waals surface area contributed by atoms with Gasteiger partial charge in [-0.05, 0) is 49.4 Å². The molecular formula is C22H16ClN3O. The summed E-state index contributed by atoms with van der Waals surface area (Å²) in [5, 5.41) is 0.620. The minimum atomic E-state index is 0.620. The smallest absolute Gasteiger partial charge is 0.218 e. The van der Waals surface area contributed by atoms with Crippen LogP contribution in [0.1, 0.15) is 5.69 Å². The molecule has 0 aliphatic heterocycles. The standard InChI is InChI=1S/C22H16ClN3O/c1-15-22(25-20-8-4-3-7-19(20)24-15)18-6-2-5-9-21(18)26(14-27)17-12-10-16(23)11-13-17/h2-14H,1H3. The Hall–Kier alpha value is -3.24. The topological polar surface area (TPSA) is 46.1 Å². The van der Waals surface area contributed by atoms with Crippen molar-refractivity contribution < 1.29 is 4.79 Å². The molecule has 0 spiro atoms. The van der Waals surface area contributed by atoms with E-state index >= 15 is 0 Å². The fraction of sp³-hybridized carbons (Fsp3) is 0.0455. The number of benzene rings is 3. The second-order valence-corrected chi connectivity index (χ2v) is 6.55. The van der Waals surface area contributed by atoms with E-state index in [4.69, 9.17) is 16.6 Å². The van der Waals surface area contributed by atoms with E-state index in [2.05, 4.69) is 4.98 Å². The molecular weight excluding hydrogens is 358 g/mol. The molecule has 0 saturated heterocycles. The Kier molecular flexibility index (Phi) is 4.57. The van der Waals surface area contributed by atoms with Crippen molar-refractivity contribution in [3.8, 4) is 11.3 Å². The number of carbonyl (C=O) groups excluding carboxylic acids is 1. The molecule has 0 aliphatic carbocycles. The molecule has 5 heteroatoms. The van der Waals surface area contributed by atoms with Crippen LogP contribution in [0.2, 0.25) is 5.02 Å². The lowest BCUT2D eigenvalue weighted by atomic mass is 10.1. The van der Waals surface area contributed by atoms with Crippen LogP contribution in [0.4, 0.5) is 11.4 Å². The Morgan fingerprint density at radius 2 is 1.48 bits per heavy atom. The Labute approximate surface area is 162 Å². The van der Waals surface area contributed by atoms with Crippen molar-refractivity contribution in [3.05, 3.63) is 83.5 Å². The number of amides is 1. The number of hydrogen-bond donors (Lipinski definition) is 0. The molecule has 1 aromatic heterocycles. The molecule has 1 heterocycles. The van der Waals surface area contributed by atoms with Crippen LogP contribution in [0.25, 0.3) is 22.3 Å². The van der Waals surface area contributed by atoms with Crippen molar-refractivity contribution in [1.29, 1.82) is 0 Å². The first-order valence-electron chi connectivity index (χ1n) is 8.50. The fourth-order valence-electron chi connectivity index (χ4n) is 3.09. The molecule has 0 bridgehead atoms. The lowest BCUT2D eigenvalue weighted by molar-refractivity contribution is -0.106. The normalized spacial score (nSPS) is 10.7. The third kappa shape index (κ3) is 3.27. The fourth-order valence-corrected chi connectivity index (χ4v) is 3.21. The van der Waals surface area contributed by atoms with Gasteiger partial charge in [-0.15, -0.1) is 0 Å². The highest BCUT2D eigenvalue weighted by Crippen LogP contribution is 2.35. The molecule has 0 radical (unpaired) electrons. The van der Waals surface area contributed by atoms with Crippen LogP contribution < -0.4 is 4.90 Å². The summed E-state index contributed by atoms with van der Waals surface area (Å²) in [5.41, 5.74) is 5.54. The summed E-state index contributed by atoms with van der Waals surface area (Å²) in [6.45, 7) is 1.93. The van der Waals surface area contributed by atoms with Gasteiger partial charge in [0.25, 0.3) is 0 Å². The summed E-state index contributed by atoms with van der Waals surface area (Å²) in [6, 6.07) is 22.6. The third-order valence-corrected chi connectivity index (χ3v) is 4.63. The van der Waals surface area contributed by atoms with Gasteiger partial charge in [0.15, 0.2) is 0 Å². The molecule has 4 aromatic rings. The largest absolute Gasteiger partial charge is 0.283 e. The summed E-state index contributed by atoms with van der Waals surface area (Å²) < 4.78 is 0. The number of aryl methyl sites for hydroxylation is 1. The summed E-state index contributed by atoms with van der Waals surface area (Å²) in [6.07, 6.45) is 0.798. The average Bonchev–Trinajstić information content (AvgIpc) is 2.70. The molecule has 0 saturated carbocycles. The van der Waals surface area contributed by atoms with Crippen molar-refractivity contribution in [2.24, 2.45) is 0 Å². The molecule has 3 aromatic carbocycles. The van der Waals surface area contributed by atoms with Gasteiger partial charge in [0.1, 0.15) is 0 Å². The number of anilines is 2. The van der Waals surface area contributed by atoms with Crippen molar-refractivity contribution in [2.45, 2.75) is 6.92 Å². The van der Waals surface area contributed by atoms with Crippen molar-refractivity contribution in [1.82, 2.24) is 9.97 Å². The highest BCUT2D eigenvalue weighted by atomic mass is 35.5. The van der Waals surface area contributed by atoms with E-state index in [0.717, 1.165) is 45.8 Å². The van der Waals surface area contributed by atoms with Gasteiger partial charge in [-0.2, -0.15) is 0 Å². The highest BCUT2D eigenvalue weighted by Gasteiger charge is 2.17. The number of nitrogens with zero attached hydrogens (tertiary/aromatic N) is 3. The van der Waals surface area contributed by atoms with Gasteiger partial charge in [-0.3, -0.25) is 9.69 Å². The van der Waals surface area contributed by atoms with E-state index in [0.29, 0.717) is 5.02 Å². The zero-order chi connectivity index (χ0) is 18.8. The molecule has 0 fully saturated rings. The van der Waals surface area contributed by atoms with Crippen molar-refractivity contribution in [2.75, 3.05) is 4.90 Å². The van der Waals surface area contributed by atoms with Gasteiger partial charge < -0.3 is 0 Å². The second-order valence-electron chi connectivity index (χ2n) is 6.12. The Bertz CT molecular complexity index is 1130. The van der Waals surface area contributed by atoms with E-state index in [1.807, 2.05) is 67.6 Å². The monoisotopic (exact) mass is 373 g/mol. The van der Waals surface area contributed by atoms with Crippen LogP contribution in [0.15, 0.2) is 72.8 Å². The first-order chi connectivity index (χ1) is 13.2. The average molecular weight is 374 g/mol. The maximum Gasteiger partial charge on any atom is 0.218 e. The Morgan fingerprint density at radius 3 is 2.19 bits per heavy atom. The van der Waals surface area contributed by atoms with E-state index < -0.39 is 0 Å². The first kappa shape index (κ1) is 17.2. The molecule has 0 atom stereocenters. The minimum Gasteiger partial charge on any atom is -0.283 e. The van der Waals surface area contributed by atoms with Crippen molar-refractivity contribution in [3.63, 3.8) is 0 Å². The maximum atomic E-state index is 11.9. The molecule has 1 amide bonds. The molecule has 132 valence electrons. The van der Waals surface area contributed by atoms with Crippen LogP contribution in [0.3, 0.4) is 0 Å². The zero-order valence-corrected chi connectivity index (χ0v) is 15.4. The molecule has 0 N–H and O–H groups in total. The predicted octanol–water partition coefficient (Wildman–Crippen LogP) is 5.55. The zero-order valence-electron chi connectivity index (χ0n) is 14.6.